The lowest BCUT2D eigenvalue weighted by Gasteiger charge is -2.19. The zero-order chi connectivity index (χ0) is 13.3. The minimum absolute atomic E-state index is 0.0165. The second kappa shape index (κ2) is 4.89. The normalized spacial score (nSPS) is 19.6. The highest BCUT2D eigenvalue weighted by molar-refractivity contribution is 5.92. The van der Waals surface area contributed by atoms with Gasteiger partial charge in [-0.3, -0.25) is 0 Å². The van der Waals surface area contributed by atoms with Crippen molar-refractivity contribution in [2.24, 2.45) is 0 Å². The summed E-state index contributed by atoms with van der Waals surface area (Å²) in [6, 6.07) is 0. The average molecular weight is 251 g/mol. The molecule has 98 valence electrons. The SMILES string of the molecule is CC(C)c1ncc(N2CCC(O)C2)c(C(=O)O)n1. The van der Waals surface area contributed by atoms with Crippen molar-refractivity contribution < 1.29 is 15.0 Å². The fraction of sp³-hybridized carbons (Fsp3) is 0.583. The Morgan fingerprint density at radius 1 is 1.56 bits per heavy atom. The van der Waals surface area contributed by atoms with Crippen LogP contribution in [-0.4, -0.2) is 45.3 Å². The van der Waals surface area contributed by atoms with Gasteiger partial charge >= 0.3 is 5.97 Å². The lowest BCUT2D eigenvalue weighted by Crippen LogP contribution is -2.25. The number of aromatic nitrogens is 2. The largest absolute Gasteiger partial charge is 0.476 e. The average Bonchev–Trinajstić information content (AvgIpc) is 2.74. The molecule has 1 aromatic heterocycles. The Balaban J connectivity index is 2.38. The highest BCUT2D eigenvalue weighted by Gasteiger charge is 2.26. The number of carbonyl (C=O) groups is 1. The highest BCUT2D eigenvalue weighted by atomic mass is 16.4. The van der Waals surface area contributed by atoms with Crippen molar-refractivity contribution in [2.45, 2.75) is 32.3 Å². The highest BCUT2D eigenvalue weighted by Crippen LogP contribution is 2.24. The van der Waals surface area contributed by atoms with E-state index in [4.69, 9.17) is 0 Å². The first-order valence-corrected chi connectivity index (χ1v) is 6.02. The van der Waals surface area contributed by atoms with Gasteiger partial charge in [0.1, 0.15) is 5.82 Å². The Hall–Kier alpha value is -1.69. The minimum atomic E-state index is -1.06. The van der Waals surface area contributed by atoms with Gasteiger partial charge < -0.3 is 15.1 Å². The van der Waals surface area contributed by atoms with Crippen LogP contribution in [0.3, 0.4) is 0 Å². The van der Waals surface area contributed by atoms with Crippen molar-refractivity contribution in [1.29, 1.82) is 0 Å². The van der Waals surface area contributed by atoms with E-state index in [1.807, 2.05) is 18.7 Å². The first kappa shape index (κ1) is 12.8. The van der Waals surface area contributed by atoms with Crippen LogP contribution in [0, 0.1) is 0 Å². The van der Waals surface area contributed by atoms with Crippen molar-refractivity contribution in [2.75, 3.05) is 18.0 Å². The van der Waals surface area contributed by atoms with Gasteiger partial charge in [0.15, 0.2) is 5.69 Å². The van der Waals surface area contributed by atoms with Crippen molar-refractivity contribution in [3.8, 4) is 0 Å². The number of anilines is 1. The van der Waals surface area contributed by atoms with E-state index < -0.39 is 12.1 Å². The van der Waals surface area contributed by atoms with E-state index in [1.54, 1.807) is 6.20 Å². The summed E-state index contributed by atoms with van der Waals surface area (Å²) < 4.78 is 0. The van der Waals surface area contributed by atoms with E-state index in [0.717, 1.165) is 0 Å². The number of nitrogens with zero attached hydrogens (tertiary/aromatic N) is 3. The van der Waals surface area contributed by atoms with E-state index in [9.17, 15) is 15.0 Å². The molecule has 6 heteroatoms. The Bertz CT molecular complexity index is 462. The van der Waals surface area contributed by atoms with Gasteiger partial charge in [0.25, 0.3) is 0 Å². The summed E-state index contributed by atoms with van der Waals surface area (Å²) >= 11 is 0. The van der Waals surface area contributed by atoms with E-state index in [2.05, 4.69) is 9.97 Å². The predicted molar refractivity (Wildman–Crippen MR) is 65.9 cm³/mol. The molecule has 1 unspecified atom stereocenters. The van der Waals surface area contributed by atoms with Crippen LogP contribution in [-0.2, 0) is 0 Å². The monoisotopic (exact) mass is 251 g/mol. The Morgan fingerprint density at radius 3 is 2.78 bits per heavy atom. The first-order chi connectivity index (χ1) is 8.49. The maximum absolute atomic E-state index is 11.3. The van der Waals surface area contributed by atoms with Crippen LogP contribution in [0.15, 0.2) is 6.20 Å². The minimum Gasteiger partial charge on any atom is -0.476 e. The van der Waals surface area contributed by atoms with Crippen molar-refractivity contribution in [3.63, 3.8) is 0 Å². The number of aliphatic hydroxyl groups excluding tert-OH is 1. The Labute approximate surface area is 105 Å². The van der Waals surface area contributed by atoms with Crippen LogP contribution >= 0.6 is 0 Å². The number of aliphatic hydroxyl groups is 1. The number of β-amino-alcohol motifs (C(OH)–C–C–N with tert-alkyl or cyclic N) is 1. The summed E-state index contributed by atoms with van der Waals surface area (Å²) in [7, 11) is 0. The number of carboxylic acid groups (broad SMARTS) is 1. The molecule has 1 aliphatic rings. The molecule has 2 heterocycles. The Morgan fingerprint density at radius 2 is 2.28 bits per heavy atom. The molecule has 0 aromatic carbocycles. The second-order valence-electron chi connectivity index (χ2n) is 4.81. The van der Waals surface area contributed by atoms with Gasteiger partial charge in [-0.05, 0) is 6.42 Å². The molecule has 18 heavy (non-hydrogen) atoms. The van der Waals surface area contributed by atoms with Crippen LogP contribution in [0.4, 0.5) is 5.69 Å². The number of hydrogen-bond acceptors (Lipinski definition) is 5. The van der Waals surface area contributed by atoms with E-state index in [-0.39, 0.29) is 11.6 Å². The fourth-order valence-electron chi connectivity index (χ4n) is 2.02. The summed E-state index contributed by atoms with van der Waals surface area (Å²) in [4.78, 5) is 21.4. The van der Waals surface area contributed by atoms with Gasteiger partial charge in [0.2, 0.25) is 0 Å². The van der Waals surface area contributed by atoms with Crippen molar-refractivity contribution in [1.82, 2.24) is 9.97 Å². The summed E-state index contributed by atoms with van der Waals surface area (Å²) in [5, 5.41) is 18.7. The van der Waals surface area contributed by atoms with Crippen LogP contribution in [0.5, 0.6) is 0 Å². The lowest BCUT2D eigenvalue weighted by atomic mass is 10.2. The molecule has 1 aromatic rings. The molecular formula is C12H17N3O3. The molecule has 0 amide bonds. The van der Waals surface area contributed by atoms with Crippen LogP contribution in [0.1, 0.15) is 42.5 Å². The van der Waals surface area contributed by atoms with Gasteiger partial charge in [-0.1, -0.05) is 13.8 Å². The number of rotatable bonds is 3. The number of hydrogen-bond donors (Lipinski definition) is 2. The van der Waals surface area contributed by atoms with E-state index in [0.29, 0.717) is 31.0 Å². The maximum atomic E-state index is 11.3. The molecule has 2 N–H and O–H groups in total. The standard InChI is InChI=1S/C12H17N3O3/c1-7(2)11-13-5-9(10(14-11)12(17)18)15-4-3-8(16)6-15/h5,7-8,16H,3-4,6H2,1-2H3,(H,17,18). The molecule has 0 saturated carbocycles. The molecular weight excluding hydrogens is 234 g/mol. The third-order valence-corrected chi connectivity index (χ3v) is 3.01. The van der Waals surface area contributed by atoms with E-state index in [1.165, 1.54) is 0 Å². The molecule has 0 spiro atoms. The lowest BCUT2D eigenvalue weighted by molar-refractivity contribution is 0.0690. The predicted octanol–water partition coefficient (Wildman–Crippen LogP) is 0.869. The molecule has 1 aliphatic heterocycles. The van der Waals surface area contributed by atoms with Crippen LogP contribution in [0.25, 0.3) is 0 Å². The fourth-order valence-corrected chi connectivity index (χ4v) is 2.02. The third kappa shape index (κ3) is 2.43. The maximum Gasteiger partial charge on any atom is 0.356 e. The smallest absolute Gasteiger partial charge is 0.356 e. The second-order valence-corrected chi connectivity index (χ2v) is 4.81. The van der Waals surface area contributed by atoms with Crippen LogP contribution in [0.2, 0.25) is 0 Å². The van der Waals surface area contributed by atoms with Crippen LogP contribution < -0.4 is 4.90 Å². The molecule has 6 nitrogen and oxygen atoms in total. The summed E-state index contributed by atoms with van der Waals surface area (Å²) in [6.45, 7) is 4.90. The molecule has 1 atom stereocenters. The molecule has 1 fully saturated rings. The number of carboxylic acids is 1. The first-order valence-electron chi connectivity index (χ1n) is 6.02. The van der Waals surface area contributed by atoms with Gasteiger partial charge in [-0.15, -0.1) is 0 Å². The topological polar surface area (TPSA) is 86.5 Å². The number of aromatic carboxylic acids is 1. The van der Waals surface area contributed by atoms with Crippen molar-refractivity contribution >= 4 is 11.7 Å². The molecule has 0 radical (unpaired) electrons. The van der Waals surface area contributed by atoms with E-state index >= 15 is 0 Å². The zero-order valence-corrected chi connectivity index (χ0v) is 10.5. The van der Waals surface area contributed by atoms with Gasteiger partial charge in [0.05, 0.1) is 18.0 Å². The molecule has 0 aliphatic carbocycles. The summed E-state index contributed by atoms with van der Waals surface area (Å²) in [6.07, 6.45) is 1.78. The van der Waals surface area contributed by atoms with Gasteiger partial charge in [0, 0.05) is 19.0 Å². The third-order valence-electron chi connectivity index (χ3n) is 3.01. The molecule has 2 rings (SSSR count). The van der Waals surface area contributed by atoms with Gasteiger partial charge in [-0.25, -0.2) is 14.8 Å². The quantitative estimate of drug-likeness (QED) is 0.829. The summed E-state index contributed by atoms with van der Waals surface area (Å²) in [5.74, 6) is -0.451. The van der Waals surface area contributed by atoms with Crippen molar-refractivity contribution in [3.05, 3.63) is 17.7 Å². The van der Waals surface area contributed by atoms with Gasteiger partial charge in [-0.2, -0.15) is 0 Å². The molecule has 0 bridgehead atoms. The Kier molecular flexibility index (Phi) is 3.47. The zero-order valence-electron chi connectivity index (χ0n) is 10.5. The summed E-state index contributed by atoms with van der Waals surface area (Å²) in [5.41, 5.74) is 0.506. The molecule has 1 saturated heterocycles.